The van der Waals surface area contributed by atoms with Crippen LogP contribution in [0.3, 0.4) is 0 Å². The number of aromatic nitrogens is 2. The van der Waals surface area contributed by atoms with Gasteiger partial charge in [-0.05, 0) is 37.3 Å². The SMILES string of the molecule is C=C(C)Cn1c(=S)[nH]c2ccc(Br)cc21. The number of nitrogens with zero attached hydrogens (tertiary/aromatic N) is 1. The van der Waals surface area contributed by atoms with Gasteiger partial charge in [-0.25, -0.2) is 0 Å². The Balaban J connectivity index is 2.70. The molecule has 0 saturated heterocycles. The second kappa shape index (κ2) is 3.94. The first-order valence-electron chi connectivity index (χ1n) is 4.60. The molecule has 0 bridgehead atoms. The molecule has 0 atom stereocenters. The molecule has 0 aliphatic rings. The molecule has 15 heavy (non-hydrogen) atoms. The third kappa shape index (κ3) is 2.06. The van der Waals surface area contributed by atoms with Gasteiger partial charge in [0.1, 0.15) is 0 Å². The normalized spacial score (nSPS) is 10.8. The van der Waals surface area contributed by atoms with Crippen molar-refractivity contribution in [1.29, 1.82) is 0 Å². The number of aromatic amines is 1. The maximum atomic E-state index is 5.27. The third-order valence-electron chi connectivity index (χ3n) is 2.17. The number of fused-ring (bicyclic) bond motifs is 1. The Kier molecular flexibility index (Phi) is 2.80. The van der Waals surface area contributed by atoms with E-state index in [9.17, 15) is 0 Å². The van der Waals surface area contributed by atoms with Crippen molar-refractivity contribution in [2.45, 2.75) is 13.5 Å². The van der Waals surface area contributed by atoms with E-state index in [1.165, 1.54) is 0 Å². The third-order valence-corrected chi connectivity index (χ3v) is 2.98. The highest BCUT2D eigenvalue weighted by atomic mass is 79.9. The average molecular weight is 283 g/mol. The number of halogens is 1. The van der Waals surface area contributed by atoms with Crippen LogP contribution in [0, 0.1) is 4.77 Å². The highest BCUT2D eigenvalue weighted by molar-refractivity contribution is 9.10. The van der Waals surface area contributed by atoms with Crippen molar-refractivity contribution in [1.82, 2.24) is 9.55 Å². The summed E-state index contributed by atoms with van der Waals surface area (Å²) in [5.74, 6) is 0. The Morgan fingerprint density at radius 3 is 3.00 bits per heavy atom. The van der Waals surface area contributed by atoms with Crippen molar-refractivity contribution in [2.24, 2.45) is 0 Å². The Bertz CT molecular complexity index is 580. The Morgan fingerprint density at radius 1 is 1.60 bits per heavy atom. The molecule has 1 N–H and O–H groups in total. The van der Waals surface area contributed by atoms with E-state index in [-0.39, 0.29) is 0 Å². The lowest BCUT2D eigenvalue weighted by Crippen LogP contribution is -1.97. The molecule has 0 aliphatic carbocycles. The number of rotatable bonds is 2. The number of hydrogen-bond acceptors (Lipinski definition) is 1. The molecule has 2 aromatic rings. The fourth-order valence-electron chi connectivity index (χ4n) is 1.55. The molecule has 2 rings (SSSR count). The van der Waals surface area contributed by atoms with Crippen molar-refractivity contribution < 1.29 is 0 Å². The predicted molar refractivity (Wildman–Crippen MR) is 69.6 cm³/mol. The number of hydrogen-bond donors (Lipinski definition) is 1. The molecule has 0 saturated carbocycles. The van der Waals surface area contributed by atoms with E-state index in [0.717, 1.165) is 32.4 Å². The number of H-pyrrole nitrogens is 1. The van der Waals surface area contributed by atoms with Crippen LogP contribution in [0.25, 0.3) is 11.0 Å². The molecule has 0 unspecified atom stereocenters. The lowest BCUT2D eigenvalue weighted by atomic mass is 10.3. The summed E-state index contributed by atoms with van der Waals surface area (Å²) in [5.41, 5.74) is 3.26. The lowest BCUT2D eigenvalue weighted by molar-refractivity contribution is 0.797. The summed E-state index contributed by atoms with van der Waals surface area (Å²) < 4.78 is 3.85. The van der Waals surface area contributed by atoms with E-state index in [1.54, 1.807) is 0 Å². The molecule has 2 nitrogen and oxygen atoms in total. The molecule has 1 heterocycles. The summed E-state index contributed by atoms with van der Waals surface area (Å²) in [4.78, 5) is 3.18. The number of nitrogens with one attached hydrogen (secondary N) is 1. The Hall–Kier alpha value is -0.870. The van der Waals surface area contributed by atoms with Gasteiger partial charge in [0.15, 0.2) is 4.77 Å². The smallest absolute Gasteiger partial charge is 0.178 e. The zero-order chi connectivity index (χ0) is 11.0. The molecular weight excluding hydrogens is 272 g/mol. The maximum absolute atomic E-state index is 5.27. The summed E-state index contributed by atoms with van der Waals surface area (Å²) in [6, 6.07) is 6.08. The van der Waals surface area contributed by atoms with Crippen LogP contribution >= 0.6 is 28.1 Å². The quantitative estimate of drug-likeness (QED) is 0.651. The van der Waals surface area contributed by atoms with Crippen LogP contribution in [0.1, 0.15) is 6.92 Å². The van der Waals surface area contributed by atoms with Crippen molar-refractivity contribution in [3.8, 4) is 0 Å². The Labute approximate surface area is 102 Å². The molecule has 78 valence electrons. The van der Waals surface area contributed by atoms with Gasteiger partial charge in [0.25, 0.3) is 0 Å². The molecule has 1 aromatic heterocycles. The lowest BCUT2D eigenvalue weighted by Gasteiger charge is -2.03. The van der Waals surface area contributed by atoms with Crippen LogP contribution in [0.4, 0.5) is 0 Å². The summed E-state index contributed by atoms with van der Waals surface area (Å²) in [6.07, 6.45) is 0. The largest absolute Gasteiger partial charge is 0.331 e. The van der Waals surface area contributed by atoms with Crippen molar-refractivity contribution >= 4 is 39.2 Å². The van der Waals surface area contributed by atoms with Crippen LogP contribution < -0.4 is 0 Å². The highest BCUT2D eigenvalue weighted by Crippen LogP contribution is 2.20. The topological polar surface area (TPSA) is 20.7 Å². The van der Waals surface area contributed by atoms with E-state index in [2.05, 4.69) is 38.1 Å². The van der Waals surface area contributed by atoms with E-state index in [0.29, 0.717) is 0 Å². The summed E-state index contributed by atoms with van der Waals surface area (Å²) in [6.45, 7) is 6.67. The highest BCUT2D eigenvalue weighted by Gasteiger charge is 2.04. The van der Waals surface area contributed by atoms with Crippen LogP contribution in [-0.2, 0) is 6.54 Å². The monoisotopic (exact) mass is 282 g/mol. The molecule has 0 fully saturated rings. The molecule has 0 amide bonds. The summed E-state index contributed by atoms with van der Waals surface area (Å²) >= 11 is 8.72. The Morgan fingerprint density at radius 2 is 2.33 bits per heavy atom. The minimum absolute atomic E-state index is 0.742. The fourth-order valence-corrected chi connectivity index (χ4v) is 2.17. The minimum Gasteiger partial charge on any atom is -0.331 e. The molecule has 1 aromatic carbocycles. The van der Waals surface area contributed by atoms with Gasteiger partial charge in [-0.15, -0.1) is 0 Å². The van der Waals surface area contributed by atoms with Gasteiger partial charge < -0.3 is 9.55 Å². The van der Waals surface area contributed by atoms with E-state index in [4.69, 9.17) is 12.2 Å². The molecule has 4 heteroatoms. The first-order valence-corrected chi connectivity index (χ1v) is 5.80. The molecule has 0 radical (unpaired) electrons. The van der Waals surface area contributed by atoms with E-state index in [1.807, 2.05) is 19.1 Å². The van der Waals surface area contributed by atoms with Crippen LogP contribution in [0.2, 0.25) is 0 Å². The average Bonchev–Trinajstić information content (AvgIpc) is 2.43. The fraction of sp³-hybridized carbons (Fsp3) is 0.182. The first kappa shape index (κ1) is 10.6. The van der Waals surface area contributed by atoms with Gasteiger partial charge in [0.05, 0.1) is 11.0 Å². The predicted octanol–water partition coefficient (Wildman–Crippen LogP) is 4.04. The number of imidazole rings is 1. The molecule has 0 spiro atoms. The second-order valence-corrected chi connectivity index (χ2v) is 4.94. The van der Waals surface area contributed by atoms with Crippen LogP contribution in [0.15, 0.2) is 34.8 Å². The van der Waals surface area contributed by atoms with E-state index >= 15 is 0 Å². The van der Waals surface area contributed by atoms with Gasteiger partial charge in [-0.3, -0.25) is 0 Å². The maximum Gasteiger partial charge on any atom is 0.178 e. The zero-order valence-electron chi connectivity index (χ0n) is 8.38. The van der Waals surface area contributed by atoms with Gasteiger partial charge >= 0.3 is 0 Å². The molecule has 0 aliphatic heterocycles. The number of benzene rings is 1. The molecular formula is C11H11BrN2S. The second-order valence-electron chi connectivity index (χ2n) is 3.63. The van der Waals surface area contributed by atoms with Crippen molar-refractivity contribution in [3.05, 3.63) is 39.6 Å². The summed E-state index contributed by atoms with van der Waals surface area (Å²) in [7, 11) is 0. The van der Waals surface area contributed by atoms with Gasteiger partial charge in [0, 0.05) is 11.0 Å². The van der Waals surface area contributed by atoms with Crippen LogP contribution in [-0.4, -0.2) is 9.55 Å². The first-order chi connectivity index (χ1) is 7.08. The zero-order valence-corrected chi connectivity index (χ0v) is 10.8. The number of allylic oxidation sites excluding steroid dienone is 1. The van der Waals surface area contributed by atoms with Crippen molar-refractivity contribution in [3.63, 3.8) is 0 Å². The van der Waals surface area contributed by atoms with E-state index < -0.39 is 0 Å². The van der Waals surface area contributed by atoms with Crippen LogP contribution in [0.5, 0.6) is 0 Å². The van der Waals surface area contributed by atoms with Gasteiger partial charge in [-0.2, -0.15) is 0 Å². The van der Waals surface area contributed by atoms with Crippen molar-refractivity contribution in [2.75, 3.05) is 0 Å². The summed E-state index contributed by atoms with van der Waals surface area (Å²) in [5, 5.41) is 0. The van der Waals surface area contributed by atoms with Gasteiger partial charge in [-0.1, -0.05) is 28.1 Å². The minimum atomic E-state index is 0.742. The standard InChI is InChI=1S/C11H11BrN2S/c1-7(2)6-14-10-5-8(12)3-4-9(10)13-11(14)15/h3-5H,1,6H2,2H3,(H,13,15). The van der Waals surface area contributed by atoms with Gasteiger partial charge in [0.2, 0.25) is 0 Å².